The highest BCUT2D eigenvalue weighted by molar-refractivity contribution is 7.11. The van der Waals surface area contributed by atoms with Gasteiger partial charge in [-0.15, -0.1) is 11.3 Å². The third kappa shape index (κ3) is 5.37. The van der Waals surface area contributed by atoms with E-state index in [0.29, 0.717) is 12.5 Å². The van der Waals surface area contributed by atoms with Gasteiger partial charge in [-0.25, -0.2) is 4.98 Å². The van der Waals surface area contributed by atoms with Gasteiger partial charge in [-0.05, 0) is 19.8 Å². The SMILES string of the molecule is CCCN(CCC)c1cc(NC)nc(OCCc2cnc(C)s2)c1. The highest BCUT2D eigenvalue weighted by atomic mass is 32.1. The maximum Gasteiger partial charge on any atom is 0.217 e. The Kier molecular flexibility index (Phi) is 7.31. The van der Waals surface area contributed by atoms with E-state index in [1.54, 1.807) is 11.3 Å². The number of anilines is 2. The Bertz CT molecular complexity index is 623. The summed E-state index contributed by atoms with van der Waals surface area (Å²) in [6.07, 6.45) is 5.03. The third-order valence-electron chi connectivity index (χ3n) is 3.66. The average Bonchev–Trinajstić information content (AvgIpc) is 2.99. The fraction of sp³-hybridized carbons (Fsp3) is 0.556. The van der Waals surface area contributed by atoms with Gasteiger partial charge in [-0.3, -0.25) is 0 Å². The van der Waals surface area contributed by atoms with Crippen LogP contribution >= 0.6 is 11.3 Å². The molecule has 2 aromatic rings. The highest BCUT2D eigenvalue weighted by Crippen LogP contribution is 2.24. The van der Waals surface area contributed by atoms with Gasteiger partial charge in [-0.2, -0.15) is 4.98 Å². The fourth-order valence-electron chi connectivity index (χ4n) is 2.56. The molecule has 0 bridgehead atoms. The van der Waals surface area contributed by atoms with E-state index in [0.717, 1.165) is 43.2 Å². The molecule has 132 valence electrons. The molecular weight excluding hydrogens is 320 g/mol. The minimum atomic E-state index is 0.614. The zero-order valence-corrected chi connectivity index (χ0v) is 15.9. The molecule has 0 aliphatic heterocycles. The van der Waals surface area contributed by atoms with Crippen LogP contribution in [-0.4, -0.2) is 36.7 Å². The largest absolute Gasteiger partial charge is 0.477 e. The molecule has 0 aliphatic carbocycles. The minimum Gasteiger partial charge on any atom is -0.477 e. The van der Waals surface area contributed by atoms with Gasteiger partial charge < -0.3 is 15.0 Å². The molecule has 5 nitrogen and oxygen atoms in total. The van der Waals surface area contributed by atoms with E-state index in [9.17, 15) is 0 Å². The standard InChI is InChI=1S/C18H28N4OS/c1-5-8-22(9-6-2)15-11-17(19-4)21-18(12-15)23-10-7-16-13-20-14(3)24-16/h11-13H,5-10H2,1-4H3,(H,19,21). The topological polar surface area (TPSA) is 50.3 Å². The van der Waals surface area contributed by atoms with Crippen molar-refractivity contribution in [2.75, 3.05) is 37.0 Å². The Labute approximate surface area is 149 Å². The number of nitrogens with one attached hydrogen (secondary N) is 1. The van der Waals surface area contributed by atoms with Gasteiger partial charge in [0.2, 0.25) is 5.88 Å². The molecule has 0 saturated heterocycles. The predicted molar refractivity (Wildman–Crippen MR) is 103 cm³/mol. The Morgan fingerprint density at radius 2 is 1.96 bits per heavy atom. The zero-order valence-electron chi connectivity index (χ0n) is 15.1. The van der Waals surface area contributed by atoms with E-state index in [1.807, 2.05) is 26.2 Å². The lowest BCUT2D eigenvalue weighted by Gasteiger charge is -2.24. The Hall–Kier alpha value is -1.82. The molecule has 0 amide bonds. The summed E-state index contributed by atoms with van der Waals surface area (Å²) < 4.78 is 5.91. The smallest absolute Gasteiger partial charge is 0.217 e. The summed E-state index contributed by atoms with van der Waals surface area (Å²) in [5.41, 5.74) is 1.17. The zero-order chi connectivity index (χ0) is 17.4. The first-order chi connectivity index (χ1) is 11.7. The number of aromatic nitrogens is 2. The number of aryl methyl sites for hydroxylation is 1. The van der Waals surface area contributed by atoms with Gasteiger partial charge in [0.05, 0.1) is 11.6 Å². The summed E-state index contributed by atoms with van der Waals surface area (Å²) in [4.78, 5) is 12.4. The number of hydrogen-bond donors (Lipinski definition) is 1. The van der Waals surface area contributed by atoms with Crippen LogP contribution in [0.3, 0.4) is 0 Å². The van der Waals surface area contributed by atoms with Crippen molar-refractivity contribution in [3.8, 4) is 5.88 Å². The first-order valence-corrected chi connectivity index (χ1v) is 9.46. The summed E-state index contributed by atoms with van der Waals surface area (Å²) in [5, 5.41) is 4.23. The second kappa shape index (κ2) is 9.47. The number of hydrogen-bond acceptors (Lipinski definition) is 6. The molecule has 24 heavy (non-hydrogen) atoms. The molecule has 0 spiro atoms. The van der Waals surface area contributed by atoms with Gasteiger partial charge in [-0.1, -0.05) is 13.8 Å². The van der Waals surface area contributed by atoms with Crippen LogP contribution in [0.2, 0.25) is 0 Å². The van der Waals surface area contributed by atoms with Crippen molar-refractivity contribution >= 4 is 22.8 Å². The summed E-state index contributed by atoms with van der Waals surface area (Å²) in [6, 6.07) is 4.13. The number of pyridine rings is 1. The normalized spacial score (nSPS) is 10.7. The highest BCUT2D eigenvalue weighted by Gasteiger charge is 2.10. The van der Waals surface area contributed by atoms with Crippen molar-refractivity contribution in [3.63, 3.8) is 0 Å². The lowest BCUT2D eigenvalue weighted by Crippen LogP contribution is -2.25. The molecule has 0 aromatic carbocycles. The second-order valence-corrected chi connectivity index (χ2v) is 7.05. The van der Waals surface area contributed by atoms with Gasteiger partial charge in [0.15, 0.2) is 0 Å². The minimum absolute atomic E-state index is 0.614. The molecule has 0 aliphatic rings. The van der Waals surface area contributed by atoms with Crippen molar-refractivity contribution in [1.82, 2.24) is 9.97 Å². The molecule has 0 atom stereocenters. The number of nitrogens with zero attached hydrogens (tertiary/aromatic N) is 3. The summed E-state index contributed by atoms with van der Waals surface area (Å²) >= 11 is 1.72. The first-order valence-electron chi connectivity index (χ1n) is 8.65. The molecule has 0 saturated carbocycles. The van der Waals surface area contributed by atoms with E-state index in [1.165, 1.54) is 10.6 Å². The van der Waals surface area contributed by atoms with Gasteiger partial charge >= 0.3 is 0 Å². The quantitative estimate of drug-likeness (QED) is 0.699. The number of thiazole rings is 1. The Morgan fingerprint density at radius 1 is 1.21 bits per heavy atom. The van der Waals surface area contributed by atoms with Gasteiger partial charge in [0, 0.05) is 55.5 Å². The van der Waals surface area contributed by atoms with E-state index in [2.05, 4.69) is 40.1 Å². The van der Waals surface area contributed by atoms with E-state index in [-0.39, 0.29) is 0 Å². The molecule has 2 heterocycles. The lowest BCUT2D eigenvalue weighted by atomic mass is 10.3. The maximum absolute atomic E-state index is 5.91. The molecule has 2 rings (SSSR count). The Morgan fingerprint density at radius 3 is 2.54 bits per heavy atom. The molecule has 0 unspecified atom stereocenters. The fourth-order valence-corrected chi connectivity index (χ4v) is 3.34. The first kappa shape index (κ1) is 18.5. The molecule has 0 radical (unpaired) electrons. The van der Waals surface area contributed by atoms with E-state index in [4.69, 9.17) is 4.74 Å². The van der Waals surface area contributed by atoms with Crippen LogP contribution in [0.1, 0.15) is 36.6 Å². The summed E-state index contributed by atoms with van der Waals surface area (Å²) in [7, 11) is 1.89. The van der Waals surface area contributed by atoms with Crippen molar-refractivity contribution < 1.29 is 4.74 Å². The van der Waals surface area contributed by atoms with Crippen LogP contribution < -0.4 is 15.0 Å². The van der Waals surface area contributed by atoms with E-state index >= 15 is 0 Å². The van der Waals surface area contributed by atoms with Gasteiger partial charge in [0.1, 0.15) is 5.82 Å². The summed E-state index contributed by atoms with van der Waals surface area (Å²) in [5.74, 6) is 1.52. The molecule has 2 aromatic heterocycles. The van der Waals surface area contributed by atoms with Crippen molar-refractivity contribution in [3.05, 3.63) is 28.2 Å². The molecule has 0 fully saturated rings. The van der Waals surface area contributed by atoms with Crippen molar-refractivity contribution in [1.29, 1.82) is 0 Å². The van der Waals surface area contributed by atoms with Crippen LogP contribution in [0.4, 0.5) is 11.5 Å². The van der Waals surface area contributed by atoms with Crippen LogP contribution in [-0.2, 0) is 6.42 Å². The predicted octanol–water partition coefficient (Wildman–Crippen LogP) is 4.14. The van der Waals surface area contributed by atoms with Crippen LogP contribution in [0.15, 0.2) is 18.3 Å². The maximum atomic E-state index is 5.91. The lowest BCUT2D eigenvalue weighted by molar-refractivity contribution is 0.311. The van der Waals surface area contributed by atoms with Gasteiger partial charge in [0.25, 0.3) is 0 Å². The van der Waals surface area contributed by atoms with Crippen molar-refractivity contribution in [2.45, 2.75) is 40.0 Å². The van der Waals surface area contributed by atoms with Crippen LogP contribution in [0, 0.1) is 6.92 Å². The Balaban J connectivity index is 2.06. The van der Waals surface area contributed by atoms with E-state index < -0.39 is 0 Å². The molecule has 6 heteroatoms. The average molecular weight is 349 g/mol. The monoisotopic (exact) mass is 348 g/mol. The summed E-state index contributed by atoms with van der Waals surface area (Å²) in [6.45, 7) is 9.13. The number of rotatable bonds is 10. The van der Waals surface area contributed by atoms with Crippen LogP contribution in [0.25, 0.3) is 0 Å². The third-order valence-corrected chi connectivity index (χ3v) is 4.64. The second-order valence-electron chi connectivity index (χ2n) is 5.73. The van der Waals surface area contributed by atoms with Crippen molar-refractivity contribution in [2.24, 2.45) is 0 Å². The number of ether oxygens (including phenoxy) is 1. The van der Waals surface area contributed by atoms with Crippen LogP contribution in [0.5, 0.6) is 5.88 Å². The molecule has 1 N–H and O–H groups in total. The molecular formula is C18H28N4OS.